The van der Waals surface area contributed by atoms with Gasteiger partial charge >= 0.3 is 0 Å². The van der Waals surface area contributed by atoms with Gasteiger partial charge in [0.2, 0.25) is 5.91 Å². The molecule has 0 aliphatic carbocycles. The number of rotatable bonds is 5. The molecule has 4 N–H and O–H groups in total. The molecule has 0 unspecified atom stereocenters. The molecule has 0 atom stereocenters. The van der Waals surface area contributed by atoms with Crippen molar-refractivity contribution in [1.82, 2.24) is 0 Å². The van der Waals surface area contributed by atoms with Crippen molar-refractivity contribution in [1.29, 1.82) is 0 Å². The van der Waals surface area contributed by atoms with Gasteiger partial charge in [0.25, 0.3) is 0 Å². The van der Waals surface area contributed by atoms with Crippen molar-refractivity contribution >= 4 is 34.7 Å². The van der Waals surface area contributed by atoms with Crippen LogP contribution in [0, 0.1) is 0 Å². The first-order valence-electron chi connectivity index (χ1n) is 4.51. The van der Waals surface area contributed by atoms with E-state index < -0.39 is 5.91 Å². The molecule has 0 heterocycles. The van der Waals surface area contributed by atoms with Crippen molar-refractivity contribution in [3.63, 3.8) is 0 Å². The summed E-state index contributed by atoms with van der Waals surface area (Å²) < 4.78 is 5.27. The van der Waals surface area contributed by atoms with Crippen molar-refractivity contribution < 1.29 is 9.53 Å². The van der Waals surface area contributed by atoms with E-state index in [0.29, 0.717) is 16.3 Å². The van der Waals surface area contributed by atoms with Crippen LogP contribution in [0.1, 0.15) is 12.0 Å². The van der Waals surface area contributed by atoms with Gasteiger partial charge in [-0.3, -0.25) is 4.79 Å². The van der Waals surface area contributed by atoms with E-state index in [0.717, 1.165) is 0 Å². The third-order valence-electron chi connectivity index (χ3n) is 1.82. The predicted molar refractivity (Wildman–Crippen MR) is 66.6 cm³/mol. The first-order valence-corrected chi connectivity index (χ1v) is 5.30. The summed E-state index contributed by atoms with van der Waals surface area (Å²) in [6, 6.07) is 4.97. The molecule has 0 saturated heterocycles. The van der Waals surface area contributed by atoms with Crippen molar-refractivity contribution in [2.75, 3.05) is 6.61 Å². The lowest BCUT2D eigenvalue weighted by Crippen LogP contribution is -2.14. The summed E-state index contributed by atoms with van der Waals surface area (Å²) >= 11 is 10.7. The van der Waals surface area contributed by atoms with Gasteiger partial charge in [-0.25, -0.2) is 0 Å². The average Bonchev–Trinajstić information content (AvgIpc) is 2.19. The van der Waals surface area contributed by atoms with Crippen LogP contribution in [0.15, 0.2) is 18.2 Å². The highest BCUT2D eigenvalue weighted by atomic mass is 35.5. The Kier molecular flexibility index (Phi) is 4.52. The number of hydrogen-bond donors (Lipinski definition) is 2. The molecule has 1 aromatic carbocycles. The van der Waals surface area contributed by atoms with Crippen LogP contribution in [0.25, 0.3) is 0 Å². The summed E-state index contributed by atoms with van der Waals surface area (Å²) in [5.41, 5.74) is 11.1. The molecule has 4 nitrogen and oxygen atoms in total. The summed E-state index contributed by atoms with van der Waals surface area (Å²) in [5.74, 6) is 0.0544. The molecule has 0 fully saturated rings. The first-order chi connectivity index (χ1) is 7.50. The number of nitrogens with two attached hydrogens (primary N) is 2. The Morgan fingerprint density at radius 1 is 1.44 bits per heavy atom. The monoisotopic (exact) mass is 258 g/mol. The van der Waals surface area contributed by atoms with Gasteiger partial charge in [-0.15, -0.1) is 0 Å². The Balaban J connectivity index is 2.68. The lowest BCUT2D eigenvalue weighted by atomic mass is 10.2. The maximum Gasteiger partial charge on any atom is 0.220 e. The van der Waals surface area contributed by atoms with E-state index in [1.165, 1.54) is 0 Å². The fourth-order valence-electron chi connectivity index (χ4n) is 1.03. The maximum atomic E-state index is 10.5. The van der Waals surface area contributed by atoms with Crippen LogP contribution >= 0.6 is 23.8 Å². The minimum atomic E-state index is -0.420. The quantitative estimate of drug-likeness (QED) is 0.779. The van der Waals surface area contributed by atoms with E-state index in [-0.39, 0.29) is 18.0 Å². The molecular weight excluding hydrogens is 248 g/mol. The van der Waals surface area contributed by atoms with Crippen molar-refractivity contribution in [3.8, 4) is 5.75 Å². The molecule has 0 bridgehead atoms. The zero-order valence-electron chi connectivity index (χ0n) is 8.40. The number of primary amides is 1. The van der Waals surface area contributed by atoms with Gasteiger partial charge in [-0.1, -0.05) is 23.8 Å². The van der Waals surface area contributed by atoms with Crippen LogP contribution in [0.2, 0.25) is 5.02 Å². The molecule has 0 aliphatic heterocycles. The number of ether oxygens (including phenoxy) is 1. The number of amides is 1. The number of carbonyl (C=O) groups is 1. The zero-order chi connectivity index (χ0) is 12.1. The molecule has 1 amide bonds. The van der Waals surface area contributed by atoms with Crippen LogP contribution < -0.4 is 16.2 Å². The van der Waals surface area contributed by atoms with Crippen LogP contribution in [-0.4, -0.2) is 17.5 Å². The summed E-state index contributed by atoms with van der Waals surface area (Å²) in [5, 5.41) is 0.398. The van der Waals surface area contributed by atoms with Gasteiger partial charge in [0.05, 0.1) is 18.1 Å². The molecule has 1 aromatic rings. The smallest absolute Gasteiger partial charge is 0.220 e. The second kappa shape index (κ2) is 5.67. The number of carbonyl (C=O) groups excluding carboxylic acids is 1. The normalized spacial score (nSPS) is 9.81. The molecule has 86 valence electrons. The topological polar surface area (TPSA) is 78.3 Å². The lowest BCUT2D eigenvalue weighted by molar-refractivity contribution is -0.118. The number of benzene rings is 1. The van der Waals surface area contributed by atoms with Gasteiger partial charge in [0, 0.05) is 5.56 Å². The third-order valence-corrected chi connectivity index (χ3v) is 2.35. The summed E-state index contributed by atoms with van der Waals surface area (Å²) in [6.07, 6.45) is 0.146. The number of halogens is 1. The minimum Gasteiger partial charge on any atom is -0.491 e. The van der Waals surface area contributed by atoms with Crippen molar-refractivity contribution in [2.24, 2.45) is 11.5 Å². The fourth-order valence-corrected chi connectivity index (χ4v) is 1.39. The number of thiocarbonyl (C=S) groups is 1. The van der Waals surface area contributed by atoms with Gasteiger partial charge in [-0.2, -0.15) is 0 Å². The molecular formula is C10H11ClN2O2S. The number of hydrogen-bond acceptors (Lipinski definition) is 3. The maximum absolute atomic E-state index is 10.5. The highest BCUT2D eigenvalue weighted by Crippen LogP contribution is 2.25. The van der Waals surface area contributed by atoms with E-state index in [4.69, 9.17) is 40.0 Å². The molecule has 1 rings (SSSR count). The molecule has 0 spiro atoms. The average molecular weight is 259 g/mol. The first kappa shape index (κ1) is 12.7. The van der Waals surface area contributed by atoms with Crippen molar-refractivity contribution in [2.45, 2.75) is 6.42 Å². The molecule has 16 heavy (non-hydrogen) atoms. The molecule has 0 aliphatic rings. The van der Waals surface area contributed by atoms with Crippen LogP contribution in [-0.2, 0) is 4.79 Å². The van der Waals surface area contributed by atoms with Crippen LogP contribution in [0.3, 0.4) is 0 Å². The van der Waals surface area contributed by atoms with Gasteiger partial charge in [0.15, 0.2) is 0 Å². The standard InChI is InChI=1S/C10H11ClN2O2S/c11-7-5-6(10(13)16)1-2-8(7)15-4-3-9(12)14/h1-2,5H,3-4H2,(H2,12,14)(H2,13,16). The van der Waals surface area contributed by atoms with Gasteiger partial charge in [0.1, 0.15) is 10.7 Å². The molecule has 6 heteroatoms. The van der Waals surface area contributed by atoms with E-state index in [2.05, 4.69) is 0 Å². The highest BCUT2D eigenvalue weighted by molar-refractivity contribution is 7.80. The Bertz CT molecular complexity index is 423. The van der Waals surface area contributed by atoms with E-state index in [1.54, 1.807) is 18.2 Å². The van der Waals surface area contributed by atoms with E-state index in [1.807, 2.05) is 0 Å². The van der Waals surface area contributed by atoms with Crippen molar-refractivity contribution in [3.05, 3.63) is 28.8 Å². The minimum absolute atomic E-state index is 0.146. The molecule has 0 radical (unpaired) electrons. The third kappa shape index (κ3) is 3.67. The molecule has 0 aromatic heterocycles. The molecule has 0 saturated carbocycles. The summed E-state index contributed by atoms with van der Waals surface area (Å²) in [7, 11) is 0. The second-order valence-electron chi connectivity index (χ2n) is 3.07. The van der Waals surface area contributed by atoms with E-state index in [9.17, 15) is 4.79 Å². The zero-order valence-corrected chi connectivity index (χ0v) is 9.98. The SMILES string of the molecule is NC(=O)CCOc1ccc(C(N)=S)cc1Cl. The van der Waals surface area contributed by atoms with Crippen LogP contribution in [0.5, 0.6) is 5.75 Å². The Morgan fingerprint density at radius 3 is 2.62 bits per heavy atom. The Labute approximate surface area is 104 Å². The second-order valence-corrected chi connectivity index (χ2v) is 3.92. The Hall–Kier alpha value is -1.33. The predicted octanol–water partition coefficient (Wildman–Crippen LogP) is 1.23. The largest absolute Gasteiger partial charge is 0.491 e. The Morgan fingerprint density at radius 2 is 2.12 bits per heavy atom. The highest BCUT2D eigenvalue weighted by Gasteiger charge is 2.05. The summed E-state index contributed by atoms with van der Waals surface area (Å²) in [4.78, 5) is 10.8. The summed E-state index contributed by atoms with van der Waals surface area (Å²) in [6.45, 7) is 0.196. The van der Waals surface area contributed by atoms with Gasteiger partial charge in [-0.05, 0) is 18.2 Å². The van der Waals surface area contributed by atoms with Gasteiger partial charge < -0.3 is 16.2 Å². The lowest BCUT2D eigenvalue weighted by Gasteiger charge is -2.08. The van der Waals surface area contributed by atoms with E-state index >= 15 is 0 Å². The van der Waals surface area contributed by atoms with Crippen LogP contribution in [0.4, 0.5) is 0 Å². The fraction of sp³-hybridized carbons (Fsp3) is 0.200.